The van der Waals surface area contributed by atoms with E-state index in [0.29, 0.717) is 30.6 Å². The van der Waals surface area contributed by atoms with E-state index in [4.69, 9.17) is 17.3 Å². The monoisotopic (exact) mass is 530 g/mol. The standard InChI is InChI=1S/C16H23ClFN3O2.C10H9N3O/c1-3-12(7-5-9-14(19)22)21(2)16(23)20-10-11-6-4-8-13(18)15(11)17;1-7(14)13-10-4-8-2-3-11-5-9(8)6-12-10/h4,6,8,12H,3,5,7,9-10H2,1-2H3,(H2,19,22)(H,20,23);2-6H,1H3,(H,12,13,14). The fourth-order valence-electron chi connectivity index (χ4n) is 3.56. The van der Waals surface area contributed by atoms with Crippen molar-refractivity contribution in [1.29, 1.82) is 0 Å². The molecule has 0 fully saturated rings. The zero-order chi connectivity index (χ0) is 27.4. The summed E-state index contributed by atoms with van der Waals surface area (Å²) in [5.41, 5.74) is 5.64. The molecule has 4 N–H and O–H groups in total. The second-order valence-electron chi connectivity index (χ2n) is 8.38. The number of nitrogens with two attached hydrogens (primary N) is 1. The van der Waals surface area contributed by atoms with Crippen molar-refractivity contribution in [2.75, 3.05) is 12.4 Å². The Bertz CT molecular complexity index is 1230. The van der Waals surface area contributed by atoms with Crippen molar-refractivity contribution >= 4 is 46.0 Å². The molecule has 2 aromatic heterocycles. The maximum atomic E-state index is 13.4. The van der Waals surface area contributed by atoms with Crippen LogP contribution in [0.3, 0.4) is 0 Å². The van der Waals surface area contributed by atoms with Crippen LogP contribution in [0, 0.1) is 5.82 Å². The van der Waals surface area contributed by atoms with Gasteiger partial charge in [-0.1, -0.05) is 30.7 Å². The minimum absolute atomic E-state index is 0.0114. The van der Waals surface area contributed by atoms with Gasteiger partial charge < -0.3 is 21.3 Å². The van der Waals surface area contributed by atoms with Crippen molar-refractivity contribution in [3.8, 4) is 0 Å². The summed E-state index contributed by atoms with van der Waals surface area (Å²) < 4.78 is 13.4. The van der Waals surface area contributed by atoms with Crippen LogP contribution in [0.5, 0.6) is 0 Å². The van der Waals surface area contributed by atoms with E-state index in [1.54, 1.807) is 42.7 Å². The van der Waals surface area contributed by atoms with Gasteiger partial charge in [0.05, 0.1) is 5.02 Å². The summed E-state index contributed by atoms with van der Waals surface area (Å²) in [5.74, 6) is -0.403. The third-order valence-electron chi connectivity index (χ3n) is 5.59. The summed E-state index contributed by atoms with van der Waals surface area (Å²) in [5, 5.41) is 7.34. The van der Waals surface area contributed by atoms with E-state index in [1.165, 1.54) is 13.0 Å². The number of nitrogens with zero attached hydrogens (tertiary/aromatic N) is 3. The van der Waals surface area contributed by atoms with Gasteiger partial charge in [0, 0.05) is 57.0 Å². The lowest BCUT2D eigenvalue weighted by Crippen LogP contribution is -2.43. The Balaban J connectivity index is 0.000000291. The molecule has 1 aromatic carbocycles. The van der Waals surface area contributed by atoms with Gasteiger partial charge in [0.2, 0.25) is 11.8 Å². The molecule has 3 aromatic rings. The van der Waals surface area contributed by atoms with Crippen LogP contribution in [-0.4, -0.2) is 45.8 Å². The predicted octanol–water partition coefficient (Wildman–Crippen LogP) is 4.64. The molecule has 11 heteroatoms. The zero-order valence-corrected chi connectivity index (χ0v) is 21.9. The van der Waals surface area contributed by atoms with Gasteiger partial charge in [0.15, 0.2) is 0 Å². The molecule has 0 aliphatic heterocycles. The second-order valence-corrected chi connectivity index (χ2v) is 8.75. The van der Waals surface area contributed by atoms with Gasteiger partial charge in [-0.25, -0.2) is 14.2 Å². The minimum atomic E-state index is -0.510. The van der Waals surface area contributed by atoms with Gasteiger partial charge in [-0.3, -0.25) is 14.6 Å². The van der Waals surface area contributed by atoms with Crippen molar-refractivity contribution in [2.45, 2.75) is 52.1 Å². The SMILES string of the molecule is CC(=O)Nc1cc2ccncc2cn1.CCC(CCCC(N)=O)N(C)C(=O)NCc1cccc(F)c1Cl. The number of nitrogens with one attached hydrogen (secondary N) is 2. The maximum absolute atomic E-state index is 13.4. The summed E-state index contributed by atoms with van der Waals surface area (Å²) in [6.07, 6.45) is 7.55. The maximum Gasteiger partial charge on any atom is 0.317 e. The number of halogens is 2. The number of hydrogen-bond donors (Lipinski definition) is 3. The molecule has 9 nitrogen and oxygen atoms in total. The lowest BCUT2D eigenvalue weighted by Gasteiger charge is -2.27. The lowest BCUT2D eigenvalue weighted by molar-refractivity contribution is -0.118. The molecule has 1 atom stereocenters. The predicted molar refractivity (Wildman–Crippen MR) is 142 cm³/mol. The van der Waals surface area contributed by atoms with E-state index in [9.17, 15) is 18.8 Å². The van der Waals surface area contributed by atoms with Crippen molar-refractivity contribution < 1.29 is 18.8 Å². The van der Waals surface area contributed by atoms with Crippen LogP contribution in [0.2, 0.25) is 5.02 Å². The number of aromatic nitrogens is 2. The number of amides is 4. The van der Waals surface area contributed by atoms with Crippen LogP contribution >= 0.6 is 11.6 Å². The summed E-state index contributed by atoms with van der Waals surface area (Å²) in [4.78, 5) is 43.4. The molecule has 0 aliphatic carbocycles. The third kappa shape index (κ3) is 9.64. The fraction of sp³-hybridized carbons (Fsp3) is 0.346. The largest absolute Gasteiger partial charge is 0.370 e. The Morgan fingerprint density at radius 1 is 1.19 bits per heavy atom. The molecule has 0 bridgehead atoms. The Kier molecular flexibility index (Phi) is 11.7. The van der Waals surface area contributed by atoms with E-state index in [0.717, 1.165) is 17.2 Å². The highest BCUT2D eigenvalue weighted by Gasteiger charge is 2.18. The van der Waals surface area contributed by atoms with E-state index in [-0.39, 0.29) is 35.5 Å². The zero-order valence-electron chi connectivity index (χ0n) is 21.1. The Hall–Kier alpha value is -3.79. The summed E-state index contributed by atoms with van der Waals surface area (Å²) >= 11 is 5.86. The fourth-order valence-corrected chi connectivity index (χ4v) is 3.75. The number of pyridine rings is 2. The van der Waals surface area contributed by atoms with Gasteiger partial charge in [-0.2, -0.15) is 0 Å². The number of urea groups is 1. The highest BCUT2D eigenvalue weighted by molar-refractivity contribution is 6.31. The summed E-state index contributed by atoms with van der Waals surface area (Å²) in [6, 6.07) is 7.92. The molecule has 0 radical (unpaired) electrons. The van der Waals surface area contributed by atoms with Gasteiger partial charge >= 0.3 is 6.03 Å². The first-order chi connectivity index (χ1) is 17.6. The Morgan fingerprint density at radius 3 is 2.62 bits per heavy atom. The topological polar surface area (TPSA) is 130 Å². The van der Waals surface area contributed by atoms with Gasteiger partial charge in [-0.15, -0.1) is 0 Å². The molecule has 37 heavy (non-hydrogen) atoms. The normalized spacial score (nSPS) is 11.2. The van der Waals surface area contributed by atoms with Gasteiger partial charge in [-0.05, 0) is 48.4 Å². The minimum Gasteiger partial charge on any atom is -0.370 e. The highest BCUT2D eigenvalue weighted by Crippen LogP contribution is 2.19. The van der Waals surface area contributed by atoms with Crippen LogP contribution in [0.15, 0.2) is 48.9 Å². The molecule has 1 unspecified atom stereocenters. The number of fused-ring (bicyclic) bond motifs is 1. The number of benzene rings is 1. The smallest absolute Gasteiger partial charge is 0.317 e. The van der Waals surface area contributed by atoms with Crippen LogP contribution < -0.4 is 16.4 Å². The average molecular weight is 531 g/mol. The number of rotatable bonds is 9. The number of hydrogen-bond acceptors (Lipinski definition) is 5. The van der Waals surface area contributed by atoms with Crippen molar-refractivity contribution in [1.82, 2.24) is 20.2 Å². The van der Waals surface area contributed by atoms with Crippen LogP contribution in [0.4, 0.5) is 15.0 Å². The lowest BCUT2D eigenvalue weighted by atomic mass is 10.1. The van der Waals surface area contributed by atoms with E-state index in [2.05, 4.69) is 20.6 Å². The summed E-state index contributed by atoms with van der Waals surface area (Å²) in [7, 11) is 1.70. The number of carbonyl (C=O) groups is 3. The highest BCUT2D eigenvalue weighted by atomic mass is 35.5. The van der Waals surface area contributed by atoms with Gasteiger partial charge in [0.1, 0.15) is 11.6 Å². The van der Waals surface area contributed by atoms with Crippen molar-refractivity contribution in [3.63, 3.8) is 0 Å². The molecular formula is C26H32ClFN6O3. The van der Waals surface area contributed by atoms with Gasteiger partial charge in [0.25, 0.3) is 0 Å². The first kappa shape index (κ1) is 29.4. The number of carbonyl (C=O) groups excluding carboxylic acids is 3. The second kappa shape index (κ2) is 14.7. The average Bonchev–Trinajstić information content (AvgIpc) is 2.86. The molecule has 3 rings (SSSR count). The van der Waals surface area contributed by atoms with E-state index < -0.39 is 5.82 Å². The molecular weight excluding hydrogens is 499 g/mol. The van der Waals surface area contributed by atoms with Crippen LogP contribution in [0.1, 0.15) is 45.1 Å². The quantitative estimate of drug-likeness (QED) is 0.371. The van der Waals surface area contributed by atoms with E-state index >= 15 is 0 Å². The molecule has 4 amide bonds. The molecule has 2 heterocycles. The van der Waals surface area contributed by atoms with E-state index in [1.807, 2.05) is 19.1 Å². The molecule has 0 spiro atoms. The van der Waals surface area contributed by atoms with Crippen LogP contribution in [-0.2, 0) is 16.1 Å². The van der Waals surface area contributed by atoms with Crippen LogP contribution in [0.25, 0.3) is 10.8 Å². The molecule has 0 aliphatic rings. The van der Waals surface area contributed by atoms with Crippen molar-refractivity contribution in [2.24, 2.45) is 5.73 Å². The molecule has 0 saturated heterocycles. The van der Waals surface area contributed by atoms with Crippen molar-refractivity contribution in [3.05, 3.63) is 65.3 Å². The molecule has 198 valence electrons. The molecule has 0 saturated carbocycles. The number of primary amides is 1. The third-order valence-corrected chi connectivity index (χ3v) is 6.01. The first-order valence-electron chi connectivity index (χ1n) is 11.8. The Labute approximate surface area is 220 Å². The Morgan fingerprint density at radius 2 is 1.95 bits per heavy atom. The number of anilines is 1. The first-order valence-corrected chi connectivity index (χ1v) is 12.2. The summed E-state index contributed by atoms with van der Waals surface area (Å²) in [6.45, 7) is 3.58.